The van der Waals surface area contributed by atoms with Crippen LogP contribution in [0.1, 0.15) is 44.1 Å². The Morgan fingerprint density at radius 1 is 1.39 bits per heavy atom. The summed E-state index contributed by atoms with van der Waals surface area (Å²) in [5, 5.41) is 4.18. The summed E-state index contributed by atoms with van der Waals surface area (Å²) in [4.78, 5) is 18.4. The Labute approximate surface area is 148 Å². The zero-order chi connectivity index (χ0) is 16.1. The van der Waals surface area contributed by atoms with E-state index in [1.54, 1.807) is 6.33 Å². The van der Waals surface area contributed by atoms with E-state index in [4.69, 9.17) is 11.6 Å². The van der Waals surface area contributed by atoms with E-state index < -0.39 is 0 Å². The molecule has 0 aromatic carbocycles. The average Bonchev–Trinajstić information content (AvgIpc) is 3.32. The summed E-state index contributed by atoms with van der Waals surface area (Å²) >= 11 is 9.30. The van der Waals surface area contributed by atoms with Gasteiger partial charge in [-0.05, 0) is 77.7 Å². The molecule has 3 heterocycles. The fourth-order valence-corrected chi connectivity index (χ4v) is 4.34. The lowest BCUT2D eigenvalue weighted by molar-refractivity contribution is -0.115. The Bertz CT molecular complexity index is 773. The van der Waals surface area contributed by atoms with Crippen LogP contribution in [-0.4, -0.2) is 32.4 Å². The highest BCUT2D eigenvalue weighted by Crippen LogP contribution is 2.45. The highest BCUT2D eigenvalue weighted by atomic mass is 79.9. The number of hydrogen-bond donors (Lipinski definition) is 0. The number of carbonyl (C=O) groups excluding carboxylic acids is 1. The fourth-order valence-electron chi connectivity index (χ4n) is 3.63. The van der Waals surface area contributed by atoms with Gasteiger partial charge in [0.25, 0.3) is 0 Å². The maximum Gasteiger partial charge on any atom is 0.224 e. The molecule has 0 amide bonds. The van der Waals surface area contributed by atoms with Gasteiger partial charge in [-0.2, -0.15) is 5.10 Å². The molecule has 0 bridgehead atoms. The largest absolute Gasteiger partial charge is 0.352 e. The highest BCUT2D eigenvalue weighted by Gasteiger charge is 2.34. The lowest BCUT2D eigenvalue weighted by atomic mass is 9.92. The van der Waals surface area contributed by atoms with Crippen molar-refractivity contribution in [3.8, 4) is 0 Å². The molecule has 2 fully saturated rings. The van der Waals surface area contributed by atoms with E-state index in [-0.39, 0.29) is 17.2 Å². The lowest BCUT2D eigenvalue weighted by Gasteiger charge is -2.37. The van der Waals surface area contributed by atoms with E-state index in [2.05, 4.69) is 43.9 Å². The molecule has 2 aromatic heterocycles. The minimum absolute atomic E-state index is 0.0396. The van der Waals surface area contributed by atoms with Crippen molar-refractivity contribution in [2.45, 2.75) is 44.6 Å². The smallest absolute Gasteiger partial charge is 0.224 e. The molecular weight excluding hydrogens is 380 g/mol. The van der Waals surface area contributed by atoms with Crippen molar-refractivity contribution < 1.29 is 4.79 Å². The van der Waals surface area contributed by atoms with Crippen molar-refractivity contribution in [1.82, 2.24) is 14.6 Å². The van der Waals surface area contributed by atoms with Gasteiger partial charge in [0.1, 0.15) is 16.4 Å². The number of hydrogen-bond acceptors (Lipinski definition) is 4. The quantitative estimate of drug-likeness (QED) is 0.740. The number of carbonyl (C=O) groups is 1. The van der Waals surface area contributed by atoms with E-state index >= 15 is 0 Å². The van der Waals surface area contributed by atoms with Crippen LogP contribution in [0.15, 0.2) is 17.0 Å². The normalized spacial score (nSPS) is 25.1. The number of halogens is 2. The molecule has 0 N–H and O–H groups in total. The summed E-state index contributed by atoms with van der Waals surface area (Å²) < 4.78 is 2.90. The lowest BCUT2D eigenvalue weighted by Crippen LogP contribution is -2.43. The van der Waals surface area contributed by atoms with Crippen LogP contribution in [0, 0.1) is 5.92 Å². The van der Waals surface area contributed by atoms with Gasteiger partial charge in [0, 0.05) is 18.5 Å². The first-order valence-electron chi connectivity index (χ1n) is 8.04. The maximum absolute atomic E-state index is 11.5. The number of rotatable bonds is 3. The summed E-state index contributed by atoms with van der Waals surface area (Å²) in [6.45, 7) is 2.93. The third kappa shape index (κ3) is 2.66. The van der Waals surface area contributed by atoms with Crippen molar-refractivity contribution in [1.29, 1.82) is 0 Å². The second kappa shape index (κ2) is 5.74. The molecule has 2 atom stereocenters. The van der Waals surface area contributed by atoms with Gasteiger partial charge < -0.3 is 4.90 Å². The van der Waals surface area contributed by atoms with Crippen LogP contribution in [0.2, 0.25) is 0 Å². The average molecular weight is 398 g/mol. The summed E-state index contributed by atoms with van der Waals surface area (Å²) in [7, 11) is 0. The van der Waals surface area contributed by atoms with Gasteiger partial charge in [-0.15, -0.1) is 0 Å². The number of aromatic nitrogens is 3. The van der Waals surface area contributed by atoms with Crippen molar-refractivity contribution in [3.05, 3.63) is 22.6 Å². The molecule has 1 saturated carbocycles. The van der Waals surface area contributed by atoms with Crippen LogP contribution in [-0.2, 0) is 4.79 Å². The van der Waals surface area contributed by atoms with Crippen LogP contribution < -0.4 is 4.90 Å². The summed E-state index contributed by atoms with van der Waals surface area (Å²) in [6, 6.07) is 2.40. The molecule has 7 heteroatoms. The van der Waals surface area contributed by atoms with Crippen LogP contribution in [0.3, 0.4) is 0 Å². The molecule has 23 heavy (non-hydrogen) atoms. The molecule has 0 radical (unpaired) electrons. The predicted octanol–water partition coefficient (Wildman–Crippen LogP) is 3.74. The third-order valence-electron chi connectivity index (χ3n) is 5.01. The topological polar surface area (TPSA) is 50.5 Å². The van der Waals surface area contributed by atoms with Crippen LogP contribution in [0.5, 0.6) is 0 Å². The molecule has 122 valence electrons. The zero-order valence-electron chi connectivity index (χ0n) is 12.9. The molecular formula is C16H18BrClN4O. The molecule has 0 spiro atoms. The van der Waals surface area contributed by atoms with E-state index in [0.29, 0.717) is 5.92 Å². The molecule has 1 unspecified atom stereocenters. The standard InChI is InChI=1S/C16H18BrClN4O/c1-9-6-11(15(18)23)4-5-21(9)16-14-12(10-2-3-10)7-13(17)22(14)20-8-19-16/h7-11H,2-6H2,1H3/t9-,11?/m1/s1. The van der Waals surface area contributed by atoms with Crippen LogP contribution in [0.4, 0.5) is 5.82 Å². The molecule has 2 aromatic rings. The van der Waals surface area contributed by atoms with Crippen LogP contribution in [0.25, 0.3) is 5.52 Å². The van der Waals surface area contributed by atoms with Gasteiger partial charge in [0.2, 0.25) is 5.24 Å². The zero-order valence-corrected chi connectivity index (χ0v) is 15.2. The molecule has 5 nitrogen and oxygen atoms in total. The number of fused-ring (bicyclic) bond motifs is 1. The van der Waals surface area contributed by atoms with E-state index in [0.717, 1.165) is 35.3 Å². The Hall–Kier alpha value is -1.14. The maximum atomic E-state index is 11.5. The van der Waals surface area contributed by atoms with Gasteiger partial charge in [-0.1, -0.05) is 0 Å². The van der Waals surface area contributed by atoms with Crippen molar-refractivity contribution in [2.24, 2.45) is 5.92 Å². The number of piperidine rings is 1. The van der Waals surface area contributed by atoms with E-state index in [9.17, 15) is 4.79 Å². The Balaban J connectivity index is 1.76. The SMILES string of the molecule is C[C@@H]1CC(C(=O)Cl)CCN1c1ncnn2c(Br)cc(C3CC3)c12. The van der Waals surface area contributed by atoms with Gasteiger partial charge in [0.05, 0.1) is 0 Å². The molecule has 1 aliphatic carbocycles. The first-order chi connectivity index (χ1) is 11.1. The Kier molecular flexibility index (Phi) is 3.84. The first-order valence-corrected chi connectivity index (χ1v) is 9.21. The monoisotopic (exact) mass is 396 g/mol. The summed E-state index contributed by atoms with van der Waals surface area (Å²) in [5.41, 5.74) is 2.43. The number of anilines is 1. The minimum atomic E-state index is -0.214. The summed E-state index contributed by atoms with van der Waals surface area (Å²) in [6.07, 6.45) is 5.63. The minimum Gasteiger partial charge on any atom is -0.352 e. The van der Waals surface area contributed by atoms with Crippen molar-refractivity contribution in [3.63, 3.8) is 0 Å². The summed E-state index contributed by atoms with van der Waals surface area (Å²) in [5.74, 6) is 1.56. The number of nitrogens with zero attached hydrogens (tertiary/aromatic N) is 4. The van der Waals surface area contributed by atoms with Gasteiger partial charge in [-0.25, -0.2) is 9.50 Å². The third-order valence-corrected chi connectivity index (χ3v) is 5.88. The molecule has 1 saturated heterocycles. The Morgan fingerprint density at radius 2 is 2.17 bits per heavy atom. The second-order valence-electron chi connectivity index (χ2n) is 6.61. The first kappa shape index (κ1) is 15.4. The predicted molar refractivity (Wildman–Crippen MR) is 93.1 cm³/mol. The fraction of sp³-hybridized carbons (Fsp3) is 0.562. The second-order valence-corrected chi connectivity index (χ2v) is 7.79. The van der Waals surface area contributed by atoms with E-state index in [1.165, 1.54) is 18.4 Å². The Morgan fingerprint density at radius 3 is 2.83 bits per heavy atom. The van der Waals surface area contributed by atoms with Gasteiger partial charge >= 0.3 is 0 Å². The molecule has 4 rings (SSSR count). The van der Waals surface area contributed by atoms with Crippen molar-refractivity contribution >= 4 is 44.1 Å². The van der Waals surface area contributed by atoms with Crippen LogP contribution >= 0.6 is 27.5 Å². The van der Waals surface area contributed by atoms with Crippen molar-refractivity contribution in [2.75, 3.05) is 11.4 Å². The van der Waals surface area contributed by atoms with Gasteiger partial charge in [0.15, 0.2) is 5.82 Å². The van der Waals surface area contributed by atoms with E-state index in [1.807, 2.05) is 4.52 Å². The van der Waals surface area contributed by atoms with Gasteiger partial charge in [-0.3, -0.25) is 4.79 Å². The highest BCUT2D eigenvalue weighted by molar-refractivity contribution is 9.10. The molecule has 2 aliphatic rings. The molecule has 1 aliphatic heterocycles.